The second-order valence-electron chi connectivity index (χ2n) is 4.05. The van der Waals surface area contributed by atoms with Crippen LogP contribution in [-0.2, 0) is 20.0 Å². The Balaban J connectivity index is 2.14. The standard InChI is InChI=1S/C13H15ClFN3/c1-3-9-7-10(18(2)17-9)8-16-13-11(14)5-4-6-12(13)15/h4-7,16H,3,8H2,1-2H3. The lowest BCUT2D eigenvalue weighted by atomic mass is 10.2. The Labute approximate surface area is 111 Å². The molecule has 5 heteroatoms. The van der Waals surface area contributed by atoms with E-state index in [2.05, 4.69) is 10.4 Å². The Hall–Kier alpha value is -1.55. The maximum Gasteiger partial charge on any atom is 0.147 e. The van der Waals surface area contributed by atoms with Gasteiger partial charge in [-0.05, 0) is 24.6 Å². The number of nitrogens with zero attached hydrogens (tertiary/aromatic N) is 2. The second kappa shape index (κ2) is 5.40. The van der Waals surface area contributed by atoms with E-state index in [1.165, 1.54) is 6.07 Å². The first-order valence-corrected chi connectivity index (χ1v) is 6.19. The summed E-state index contributed by atoms with van der Waals surface area (Å²) in [5, 5.41) is 7.73. The average Bonchev–Trinajstić information content (AvgIpc) is 2.70. The number of aromatic nitrogens is 2. The third-order valence-corrected chi connectivity index (χ3v) is 3.11. The Morgan fingerprint density at radius 3 is 2.83 bits per heavy atom. The van der Waals surface area contributed by atoms with Crippen molar-refractivity contribution in [1.82, 2.24) is 9.78 Å². The molecular formula is C13H15ClFN3. The highest BCUT2D eigenvalue weighted by Gasteiger charge is 2.08. The molecule has 0 bridgehead atoms. The van der Waals surface area contributed by atoms with Gasteiger partial charge in [-0.25, -0.2) is 4.39 Å². The molecule has 0 spiro atoms. The van der Waals surface area contributed by atoms with Crippen molar-refractivity contribution < 1.29 is 4.39 Å². The number of rotatable bonds is 4. The van der Waals surface area contributed by atoms with Crippen molar-refractivity contribution in [3.63, 3.8) is 0 Å². The third-order valence-electron chi connectivity index (χ3n) is 2.80. The van der Waals surface area contributed by atoms with Crippen molar-refractivity contribution in [3.05, 3.63) is 46.5 Å². The molecule has 0 unspecified atom stereocenters. The lowest BCUT2D eigenvalue weighted by Crippen LogP contribution is -2.06. The first-order valence-electron chi connectivity index (χ1n) is 5.81. The van der Waals surface area contributed by atoms with Gasteiger partial charge in [0.05, 0.1) is 28.6 Å². The third kappa shape index (κ3) is 2.64. The van der Waals surface area contributed by atoms with Gasteiger partial charge in [0.2, 0.25) is 0 Å². The summed E-state index contributed by atoms with van der Waals surface area (Å²) in [6, 6.07) is 6.63. The minimum absolute atomic E-state index is 0.332. The van der Waals surface area contributed by atoms with Crippen molar-refractivity contribution in [2.45, 2.75) is 19.9 Å². The molecule has 18 heavy (non-hydrogen) atoms. The molecule has 2 rings (SSSR count). The molecule has 0 fully saturated rings. The number of aryl methyl sites for hydroxylation is 2. The second-order valence-corrected chi connectivity index (χ2v) is 4.46. The molecule has 0 saturated heterocycles. The maximum absolute atomic E-state index is 13.6. The van der Waals surface area contributed by atoms with E-state index in [1.54, 1.807) is 16.8 Å². The number of benzene rings is 1. The number of para-hydroxylation sites is 1. The van der Waals surface area contributed by atoms with Gasteiger partial charge in [0.1, 0.15) is 5.82 Å². The number of anilines is 1. The van der Waals surface area contributed by atoms with E-state index < -0.39 is 0 Å². The smallest absolute Gasteiger partial charge is 0.147 e. The van der Waals surface area contributed by atoms with Crippen LogP contribution in [0.5, 0.6) is 0 Å². The van der Waals surface area contributed by atoms with Gasteiger partial charge in [-0.15, -0.1) is 0 Å². The topological polar surface area (TPSA) is 29.9 Å². The van der Waals surface area contributed by atoms with Gasteiger partial charge in [0, 0.05) is 7.05 Å². The normalized spacial score (nSPS) is 10.7. The number of hydrogen-bond donors (Lipinski definition) is 1. The zero-order valence-electron chi connectivity index (χ0n) is 10.4. The van der Waals surface area contributed by atoms with Gasteiger partial charge >= 0.3 is 0 Å². The number of nitrogens with one attached hydrogen (secondary N) is 1. The zero-order chi connectivity index (χ0) is 13.1. The van der Waals surface area contributed by atoms with E-state index in [0.717, 1.165) is 17.8 Å². The molecule has 0 atom stereocenters. The predicted molar refractivity (Wildman–Crippen MR) is 71.3 cm³/mol. The van der Waals surface area contributed by atoms with E-state index in [-0.39, 0.29) is 5.82 Å². The molecule has 0 aliphatic rings. The molecule has 1 aromatic carbocycles. The predicted octanol–water partition coefficient (Wildman–Crippen LogP) is 3.39. The quantitative estimate of drug-likeness (QED) is 0.920. The highest BCUT2D eigenvalue weighted by molar-refractivity contribution is 6.33. The van der Waals surface area contributed by atoms with Crippen molar-refractivity contribution in [2.75, 3.05) is 5.32 Å². The molecule has 0 radical (unpaired) electrons. The molecule has 1 N–H and O–H groups in total. The molecule has 2 aromatic rings. The average molecular weight is 268 g/mol. The molecule has 3 nitrogen and oxygen atoms in total. The summed E-state index contributed by atoms with van der Waals surface area (Å²) in [7, 11) is 1.87. The van der Waals surface area contributed by atoms with Crippen molar-refractivity contribution in [2.24, 2.45) is 7.05 Å². The van der Waals surface area contributed by atoms with Crippen molar-refractivity contribution in [1.29, 1.82) is 0 Å². The van der Waals surface area contributed by atoms with Gasteiger partial charge in [0.25, 0.3) is 0 Å². The Morgan fingerprint density at radius 1 is 1.44 bits per heavy atom. The van der Waals surface area contributed by atoms with E-state index >= 15 is 0 Å². The van der Waals surface area contributed by atoms with Crippen LogP contribution in [0.15, 0.2) is 24.3 Å². The minimum atomic E-state index is -0.347. The SMILES string of the molecule is CCc1cc(CNc2c(F)cccc2Cl)n(C)n1. The van der Waals surface area contributed by atoms with Crippen LogP contribution in [0.2, 0.25) is 5.02 Å². The summed E-state index contributed by atoms with van der Waals surface area (Å²) >= 11 is 5.94. The van der Waals surface area contributed by atoms with Crippen LogP contribution in [0.3, 0.4) is 0 Å². The first-order chi connectivity index (χ1) is 8.61. The van der Waals surface area contributed by atoms with Crippen molar-refractivity contribution in [3.8, 4) is 0 Å². The molecule has 1 heterocycles. The van der Waals surface area contributed by atoms with Crippen LogP contribution >= 0.6 is 11.6 Å². The minimum Gasteiger partial charge on any atom is -0.376 e. The monoisotopic (exact) mass is 267 g/mol. The summed E-state index contributed by atoms with van der Waals surface area (Å²) in [6.45, 7) is 2.54. The molecule has 0 amide bonds. The van der Waals surface area contributed by atoms with Crippen LogP contribution < -0.4 is 5.32 Å². The summed E-state index contributed by atoms with van der Waals surface area (Å²) in [5.74, 6) is -0.347. The maximum atomic E-state index is 13.6. The van der Waals surface area contributed by atoms with Crippen LogP contribution in [-0.4, -0.2) is 9.78 Å². The van der Waals surface area contributed by atoms with Gasteiger partial charge in [-0.2, -0.15) is 5.10 Å². The van der Waals surface area contributed by atoms with Crippen LogP contribution in [0.4, 0.5) is 10.1 Å². The Morgan fingerprint density at radius 2 is 2.22 bits per heavy atom. The summed E-state index contributed by atoms with van der Waals surface area (Å²) in [6.07, 6.45) is 0.883. The zero-order valence-corrected chi connectivity index (χ0v) is 11.1. The van der Waals surface area contributed by atoms with Gasteiger partial charge < -0.3 is 5.32 Å². The van der Waals surface area contributed by atoms with Gasteiger partial charge in [-0.1, -0.05) is 24.6 Å². The lowest BCUT2D eigenvalue weighted by Gasteiger charge is -2.09. The number of halogens is 2. The fourth-order valence-corrected chi connectivity index (χ4v) is 1.99. The van der Waals surface area contributed by atoms with Crippen molar-refractivity contribution >= 4 is 17.3 Å². The molecule has 0 saturated carbocycles. The van der Waals surface area contributed by atoms with Gasteiger partial charge in [0.15, 0.2) is 0 Å². The molecule has 96 valence electrons. The van der Waals surface area contributed by atoms with Crippen LogP contribution in [0, 0.1) is 5.82 Å². The fourth-order valence-electron chi connectivity index (χ4n) is 1.76. The van der Waals surface area contributed by atoms with E-state index in [1.807, 2.05) is 20.0 Å². The van der Waals surface area contributed by atoms with Crippen LogP contribution in [0.1, 0.15) is 18.3 Å². The Bertz CT molecular complexity index is 531. The highest BCUT2D eigenvalue weighted by atomic mass is 35.5. The van der Waals surface area contributed by atoms with E-state index in [0.29, 0.717) is 17.3 Å². The van der Waals surface area contributed by atoms with E-state index in [9.17, 15) is 4.39 Å². The lowest BCUT2D eigenvalue weighted by molar-refractivity contribution is 0.629. The van der Waals surface area contributed by atoms with E-state index in [4.69, 9.17) is 11.6 Å². The summed E-state index contributed by atoms with van der Waals surface area (Å²) in [4.78, 5) is 0. The summed E-state index contributed by atoms with van der Waals surface area (Å²) in [5.41, 5.74) is 2.35. The molecule has 0 aliphatic carbocycles. The molecular weight excluding hydrogens is 253 g/mol. The fraction of sp³-hybridized carbons (Fsp3) is 0.308. The molecule has 1 aromatic heterocycles. The molecule has 0 aliphatic heterocycles. The number of hydrogen-bond acceptors (Lipinski definition) is 2. The Kier molecular flexibility index (Phi) is 3.87. The largest absolute Gasteiger partial charge is 0.376 e. The van der Waals surface area contributed by atoms with Gasteiger partial charge in [-0.3, -0.25) is 4.68 Å². The first kappa shape index (κ1) is 12.9. The highest BCUT2D eigenvalue weighted by Crippen LogP contribution is 2.25. The van der Waals surface area contributed by atoms with Crippen LogP contribution in [0.25, 0.3) is 0 Å². The summed E-state index contributed by atoms with van der Waals surface area (Å²) < 4.78 is 15.3.